The Bertz CT molecular complexity index is 211. The number of hydrogen-bond donors (Lipinski definition) is 1. The van der Waals surface area contributed by atoms with Crippen molar-refractivity contribution in [2.24, 2.45) is 5.92 Å². The predicted octanol–water partition coefficient (Wildman–Crippen LogP) is 2.10. The highest BCUT2D eigenvalue weighted by Crippen LogP contribution is 1.92. The van der Waals surface area contributed by atoms with Crippen LogP contribution in [0.15, 0.2) is 0 Å². The first-order chi connectivity index (χ1) is 11.1. The summed E-state index contributed by atoms with van der Waals surface area (Å²) < 4.78 is 27.5. The molecule has 0 aliphatic rings. The topological polar surface area (TPSA) is 58.2 Å². The Morgan fingerprint density at radius 1 is 0.652 bits per heavy atom. The zero-order valence-corrected chi connectivity index (χ0v) is 17.0. The molecule has 7 heteroatoms. The molecule has 0 aromatic heterocycles. The number of alkyl halides is 1. The van der Waals surface area contributed by atoms with Gasteiger partial charge in [-0.15, -0.1) is 0 Å². The van der Waals surface area contributed by atoms with E-state index < -0.39 is 0 Å². The number of halogens is 1. The highest BCUT2D eigenvalue weighted by Gasteiger charge is 1.96. The lowest BCUT2D eigenvalue weighted by atomic mass is 10.2. The molecule has 23 heavy (non-hydrogen) atoms. The number of rotatable bonds is 18. The molecule has 0 amide bonds. The van der Waals surface area contributed by atoms with E-state index in [4.69, 9.17) is 23.7 Å². The van der Waals surface area contributed by atoms with Gasteiger partial charge in [0, 0.05) is 13.2 Å². The van der Waals surface area contributed by atoms with E-state index >= 15 is 0 Å². The van der Waals surface area contributed by atoms with Crippen LogP contribution in [0.5, 0.6) is 0 Å². The second-order valence-corrected chi connectivity index (χ2v) is 7.36. The Morgan fingerprint density at radius 2 is 1.04 bits per heavy atom. The standard InChI is InChI=1S/C16H34INO5/c1-15(2)14-23-13-12-22-11-10-21-9-8-20-7-6-19-5-4-18-16(3)17/h15-16,18H,4-14H2,1-3H3. The van der Waals surface area contributed by atoms with Crippen molar-refractivity contribution in [1.82, 2.24) is 5.32 Å². The Morgan fingerprint density at radius 3 is 1.43 bits per heavy atom. The smallest absolute Gasteiger partial charge is 0.0701 e. The van der Waals surface area contributed by atoms with Gasteiger partial charge in [-0.25, -0.2) is 0 Å². The summed E-state index contributed by atoms with van der Waals surface area (Å²) in [7, 11) is 0. The van der Waals surface area contributed by atoms with Crippen LogP contribution in [-0.4, -0.2) is 76.7 Å². The monoisotopic (exact) mass is 447 g/mol. The molecule has 0 heterocycles. The molecule has 1 atom stereocenters. The first-order valence-corrected chi connectivity index (χ1v) is 9.63. The van der Waals surface area contributed by atoms with Crippen LogP contribution >= 0.6 is 22.6 Å². The number of nitrogens with one attached hydrogen (secondary N) is 1. The summed E-state index contributed by atoms with van der Waals surface area (Å²) in [6, 6.07) is 0. The Hall–Kier alpha value is 0.490. The quantitative estimate of drug-likeness (QED) is 0.150. The van der Waals surface area contributed by atoms with Crippen LogP contribution in [0.25, 0.3) is 0 Å². The van der Waals surface area contributed by atoms with Crippen molar-refractivity contribution >= 4 is 22.6 Å². The van der Waals surface area contributed by atoms with Crippen molar-refractivity contribution in [2.45, 2.75) is 24.8 Å². The van der Waals surface area contributed by atoms with Gasteiger partial charge in [-0.05, 0) is 12.8 Å². The van der Waals surface area contributed by atoms with Crippen LogP contribution in [-0.2, 0) is 23.7 Å². The van der Waals surface area contributed by atoms with E-state index in [1.807, 2.05) is 0 Å². The molecule has 0 saturated carbocycles. The summed E-state index contributed by atoms with van der Waals surface area (Å²) in [5.41, 5.74) is 0. The SMILES string of the molecule is CC(C)COCCOCCOCCOCCOCCNC(C)I. The molecule has 0 spiro atoms. The van der Waals surface area contributed by atoms with E-state index in [9.17, 15) is 0 Å². The van der Waals surface area contributed by atoms with Crippen LogP contribution in [0.2, 0.25) is 0 Å². The highest BCUT2D eigenvalue weighted by atomic mass is 127. The van der Waals surface area contributed by atoms with Crippen molar-refractivity contribution in [1.29, 1.82) is 0 Å². The largest absolute Gasteiger partial charge is 0.379 e. The molecule has 0 aliphatic heterocycles. The molecule has 1 N–H and O–H groups in total. The van der Waals surface area contributed by atoms with Crippen molar-refractivity contribution in [3.8, 4) is 0 Å². The Labute approximate surface area is 155 Å². The number of ether oxygens (including phenoxy) is 5. The summed E-state index contributed by atoms with van der Waals surface area (Å²) in [6.07, 6.45) is 0. The van der Waals surface area contributed by atoms with Gasteiger partial charge in [-0.1, -0.05) is 36.4 Å². The first-order valence-electron chi connectivity index (χ1n) is 8.39. The molecule has 0 radical (unpaired) electrons. The zero-order valence-electron chi connectivity index (χ0n) is 14.9. The van der Waals surface area contributed by atoms with Crippen LogP contribution < -0.4 is 5.32 Å². The van der Waals surface area contributed by atoms with Gasteiger partial charge in [0.2, 0.25) is 0 Å². The van der Waals surface area contributed by atoms with E-state index in [2.05, 4.69) is 48.7 Å². The van der Waals surface area contributed by atoms with Crippen molar-refractivity contribution in [2.75, 3.05) is 72.6 Å². The molecule has 0 aliphatic carbocycles. The zero-order chi connectivity index (χ0) is 17.2. The maximum absolute atomic E-state index is 5.43. The fourth-order valence-electron chi connectivity index (χ4n) is 1.53. The van der Waals surface area contributed by atoms with Gasteiger partial charge in [0.15, 0.2) is 0 Å². The summed E-state index contributed by atoms with van der Waals surface area (Å²) in [4.78, 5) is 0. The molecule has 0 fully saturated rings. The molecular weight excluding hydrogens is 413 g/mol. The van der Waals surface area contributed by atoms with Gasteiger partial charge in [0.05, 0.1) is 63.5 Å². The van der Waals surface area contributed by atoms with Gasteiger partial charge in [0.25, 0.3) is 0 Å². The Balaban J connectivity index is 2.97. The molecular formula is C16H34INO5. The van der Waals surface area contributed by atoms with E-state index in [-0.39, 0.29) is 0 Å². The summed E-state index contributed by atoms with van der Waals surface area (Å²) >= 11 is 2.33. The minimum atomic E-state index is 0.473. The third-order valence-electron chi connectivity index (χ3n) is 2.61. The van der Waals surface area contributed by atoms with Crippen LogP contribution in [0, 0.1) is 5.92 Å². The average Bonchev–Trinajstić information content (AvgIpc) is 2.49. The average molecular weight is 447 g/mol. The van der Waals surface area contributed by atoms with Crippen molar-refractivity contribution < 1.29 is 23.7 Å². The van der Waals surface area contributed by atoms with Crippen LogP contribution in [0.1, 0.15) is 20.8 Å². The van der Waals surface area contributed by atoms with Crippen LogP contribution in [0.4, 0.5) is 0 Å². The molecule has 140 valence electrons. The van der Waals surface area contributed by atoms with Gasteiger partial charge in [-0.3, -0.25) is 0 Å². The number of hydrogen-bond acceptors (Lipinski definition) is 6. The van der Waals surface area contributed by atoms with Crippen molar-refractivity contribution in [3.63, 3.8) is 0 Å². The molecule has 0 saturated heterocycles. The fraction of sp³-hybridized carbons (Fsp3) is 1.00. The maximum atomic E-state index is 5.43. The molecule has 0 aromatic carbocycles. The lowest BCUT2D eigenvalue weighted by Crippen LogP contribution is -2.25. The first kappa shape index (κ1) is 23.5. The molecule has 1 unspecified atom stereocenters. The second kappa shape index (κ2) is 18.8. The molecule has 0 bridgehead atoms. The Kier molecular flexibility index (Phi) is 19.2. The normalized spacial score (nSPS) is 12.9. The predicted molar refractivity (Wildman–Crippen MR) is 100 cm³/mol. The highest BCUT2D eigenvalue weighted by molar-refractivity contribution is 14.1. The third-order valence-corrected chi connectivity index (χ3v) is 3.05. The second-order valence-electron chi connectivity index (χ2n) is 5.49. The summed E-state index contributed by atoms with van der Waals surface area (Å²) in [5.74, 6) is 0.570. The van der Waals surface area contributed by atoms with E-state index in [1.54, 1.807) is 0 Å². The minimum absolute atomic E-state index is 0.473. The van der Waals surface area contributed by atoms with Gasteiger partial charge in [-0.2, -0.15) is 0 Å². The van der Waals surface area contributed by atoms with E-state index in [0.29, 0.717) is 69.4 Å². The summed E-state index contributed by atoms with van der Waals surface area (Å²) in [5, 5.41) is 3.28. The molecule has 0 rings (SSSR count). The van der Waals surface area contributed by atoms with Gasteiger partial charge in [0.1, 0.15) is 0 Å². The lowest BCUT2D eigenvalue weighted by molar-refractivity contribution is -0.0125. The van der Waals surface area contributed by atoms with Crippen LogP contribution in [0.3, 0.4) is 0 Å². The maximum Gasteiger partial charge on any atom is 0.0701 e. The fourth-order valence-corrected chi connectivity index (χ4v) is 1.84. The van der Waals surface area contributed by atoms with Gasteiger partial charge >= 0.3 is 0 Å². The van der Waals surface area contributed by atoms with E-state index in [0.717, 1.165) is 13.2 Å². The summed E-state index contributed by atoms with van der Waals surface area (Å²) in [6.45, 7) is 13.6. The minimum Gasteiger partial charge on any atom is -0.379 e. The third kappa shape index (κ3) is 22.5. The molecule has 0 aromatic rings. The van der Waals surface area contributed by atoms with Gasteiger partial charge < -0.3 is 29.0 Å². The van der Waals surface area contributed by atoms with Crippen molar-refractivity contribution in [3.05, 3.63) is 0 Å². The van der Waals surface area contributed by atoms with E-state index in [1.165, 1.54) is 0 Å². The lowest BCUT2D eigenvalue weighted by Gasteiger charge is -2.09. The molecule has 6 nitrogen and oxygen atoms in total.